The van der Waals surface area contributed by atoms with Gasteiger partial charge in [0.15, 0.2) is 6.29 Å². The zero-order valence-corrected chi connectivity index (χ0v) is 31.2. The summed E-state index contributed by atoms with van der Waals surface area (Å²) in [7, 11) is -5.05. The van der Waals surface area contributed by atoms with E-state index in [1.54, 1.807) is 0 Å². The fraction of sp³-hybridized carbons (Fsp3) is 0.658. The van der Waals surface area contributed by atoms with Gasteiger partial charge in [0.2, 0.25) is 0 Å². The van der Waals surface area contributed by atoms with Crippen LogP contribution in [0, 0.1) is 0 Å². The van der Waals surface area contributed by atoms with Gasteiger partial charge in [-0.15, -0.1) is 0 Å². The van der Waals surface area contributed by atoms with E-state index in [-0.39, 0.29) is 19.6 Å². The second-order valence-electron chi connectivity index (χ2n) is 12.1. The molecule has 0 aromatic rings. The molecule has 0 bridgehead atoms. The summed E-state index contributed by atoms with van der Waals surface area (Å²) >= 11 is 0. The zero-order valence-electron chi connectivity index (χ0n) is 30.4. The Morgan fingerprint density at radius 1 is 0.765 bits per heavy atom. The van der Waals surface area contributed by atoms with Gasteiger partial charge in [-0.1, -0.05) is 99.6 Å². The average molecular weight is 743 g/mol. The molecule has 0 saturated carbocycles. The number of hydrogen-bond acceptors (Lipinski definition) is 11. The van der Waals surface area contributed by atoms with Crippen LogP contribution in [0.3, 0.4) is 0 Å². The Balaban J connectivity index is 2.32. The highest BCUT2D eigenvalue weighted by atomic mass is 32.3. The predicted octanol–water partition coefficient (Wildman–Crippen LogP) is 6.01. The van der Waals surface area contributed by atoms with Crippen molar-refractivity contribution in [1.29, 1.82) is 0 Å². The molecule has 51 heavy (non-hydrogen) atoms. The first kappa shape index (κ1) is 46.6. The van der Waals surface area contributed by atoms with E-state index < -0.39 is 59.8 Å². The van der Waals surface area contributed by atoms with Crippen LogP contribution >= 0.6 is 0 Å². The standard InChI is InChI=1S/C38H62O12S/c1-3-5-7-8-9-10-11-12-13-14-15-16-17-18-19-20-21-22-23-24-25-26-28-46-30-32(48-34(40)27-6-4-2)31-47-38-36(42)37(50-51(43,44)45)35(41)33(29-39)49-38/h5,7,9-10,12-13,15-16,18-19,21-22,32-33,35-39,41-42H,3-4,6,8,11,14,17,20,23-31H2,1-2H3,(H,43,44,45)/b7-5-,10-9-,13-12-,16-15-,19-18-,22-21-. The molecule has 0 aliphatic carbocycles. The summed E-state index contributed by atoms with van der Waals surface area (Å²) in [5.41, 5.74) is 0. The van der Waals surface area contributed by atoms with Crippen LogP contribution in [0.4, 0.5) is 0 Å². The Labute approximate surface area is 305 Å². The molecular weight excluding hydrogens is 680 g/mol. The van der Waals surface area contributed by atoms with Crippen molar-refractivity contribution in [2.75, 3.05) is 26.4 Å². The molecule has 1 saturated heterocycles. The van der Waals surface area contributed by atoms with Gasteiger partial charge in [-0.25, -0.2) is 4.18 Å². The van der Waals surface area contributed by atoms with Crippen LogP contribution in [0.15, 0.2) is 72.9 Å². The Kier molecular flexibility index (Phi) is 27.4. The monoisotopic (exact) mass is 742 g/mol. The fourth-order valence-corrected chi connectivity index (χ4v) is 5.34. The molecule has 0 amide bonds. The normalized spacial score (nSPS) is 22.5. The smallest absolute Gasteiger partial charge is 0.397 e. The molecule has 4 N–H and O–H groups in total. The van der Waals surface area contributed by atoms with E-state index in [0.717, 1.165) is 70.6 Å². The molecule has 1 heterocycles. The molecule has 0 radical (unpaired) electrons. The van der Waals surface area contributed by atoms with E-state index >= 15 is 0 Å². The maximum atomic E-state index is 12.3. The highest BCUT2D eigenvalue weighted by Crippen LogP contribution is 2.26. The lowest BCUT2D eigenvalue weighted by Gasteiger charge is -2.41. The molecule has 1 fully saturated rings. The topological polar surface area (TPSA) is 178 Å². The van der Waals surface area contributed by atoms with E-state index in [0.29, 0.717) is 13.0 Å². The van der Waals surface area contributed by atoms with E-state index in [4.69, 9.17) is 23.5 Å². The van der Waals surface area contributed by atoms with Crippen LogP contribution < -0.4 is 0 Å². The van der Waals surface area contributed by atoms with Crippen LogP contribution in [0.2, 0.25) is 0 Å². The van der Waals surface area contributed by atoms with Crippen LogP contribution in [0.5, 0.6) is 0 Å². The number of carbonyl (C=O) groups excluding carboxylic acids is 1. The van der Waals surface area contributed by atoms with Gasteiger partial charge in [0, 0.05) is 13.0 Å². The molecule has 13 heteroatoms. The summed E-state index contributed by atoms with van der Waals surface area (Å²) in [5, 5.41) is 30.2. The summed E-state index contributed by atoms with van der Waals surface area (Å²) in [6, 6.07) is 0. The van der Waals surface area contributed by atoms with Crippen LogP contribution in [0.25, 0.3) is 0 Å². The lowest BCUT2D eigenvalue weighted by atomic mass is 9.99. The van der Waals surface area contributed by atoms with Crippen LogP contribution in [0.1, 0.15) is 97.3 Å². The maximum Gasteiger partial charge on any atom is 0.397 e. The molecule has 0 aromatic heterocycles. The largest absolute Gasteiger partial charge is 0.457 e. The fourth-order valence-electron chi connectivity index (χ4n) is 4.83. The lowest BCUT2D eigenvalue weighted by molar-refractivity contribution is -0.301. The van der Waals surface area contributed by atoms with E-state index in [1.807, 2.05) is 6.92 Å². The van der Waals surface area contributed by atoms with Gasteiger partial charge >= 0.3 is 16.4 Å². The Morgan fingerprint density at radius 2 is 1.33 bits per heavy atom. The molecule has 12 nitrogen and oxygen atoms in total. The number of aliphatic hydroxyl groups is 3. The molecule has 1 aliphatic heterocycles. The molecule has 1 rings (SSSR count). The first-order valence-electron chi connectivity index (χ1n) is 18.2. The van der Waals surface area contributed by atoms with Crippen molar-refractivity contribution < 1.29 is 56.2 Å². The summed E-state index contributed by atoms with van der Waals surface area (Å²) in [6.45, 7) is 3.47. The molecular formula is C38H62O12S. The summed E-state index contributed by atoms with van der Waals surface area (Å²) in [5.74, 6) is -0.452. The molecule has 1 aliphatic rings. The zero-order chi connectivity index (χ0) is 37.6. The number of ether oxygens (including phenoxy) is 4. The molecule has 6 atom stereocenters. The van der Waals surface area contributed by atoms with Gasteiger partial charge in [0.05, 0.1) is 19.8 Å². The van der Waals surface area contributed by atoms with Crippen molar-refractivity contribution in [2.24, 2.45) is 0 Å². The van der Waals surface area contributed by atoms with Crippen molar-refractivity contribution in [1.82, 2.24) is 0 Å². The highest BCUT2D eigenvalue weighted by Gasteiger charge is 2.48. The van der Waals surface area contributed by atoms with Crippen molar-refractivity contribution in [3.8, 4) is 0 Å². The van der Waals surface area contributed by atoms with Gasteiger partial charge in [-0.05, 0) is 64.2 Å². The summed E-state index contributed by atoms with van der Waals surface area (Å²) < 4.78 is 58.0. The van der Waals surface area contributed by atoms with E-state index in [2.05, 4.69) is 84.0 Å². The van der Waals surface area contributed by atoms with Crippen LogP contribution in [-0.2, 0) is 38.3 Å². The predicted molar refractivity (Wildman–Crippen MR) is 197 cm³/mol. The SMILES string of the molecule is CC/C=C\C/C=C\C/C=C\C/C=C\C/C=C\C/C=C\CCCCCOCC(COC1OC(CO)C(O)C(OS(=O)(=O)O)C1O)OC(=O)CCCC. The minimum atomic E-state index is -5.05. The third kappa shape index (κ3) is 24.4. The minimum Gasteiger partial charge on any atom is -0.457 e. The Bertz CT molecular complexity index is 1180. The summed E-state index contributed by atoms with van der Waals surface area (Å²) in [4.78, 5) is 12.3. The minimum absolute atomic E-state index is 0.00479. The number of rotatable bonds is 29. The molecule has 292 valence electrons. The molecule has 0 spiro atoms. The third-order valence-electron chi connectivity index (χ3n) is 7.59. The quantitative estimate of drug-likeness (QED) is 0.0304. The van der Waals surface area contributed by atoms with Gasteiger partial charge in [-0.2, -0.15) is 8.42 Å². The van der Waals surface area contributed by atoms with E-state index in [1.165, 1.54) is 0 Å². The van der Waals surface area contributed by atoms with Crippen molar-refractivity contribution in [2.45, 2.75) is 134 Å². The average Bonchev–Trinajstić information content (AvgIpc) is 3.10. The van der Waals surface area contributed by atoms with E-state index in [9.17, 15) is 28.5 Å². The first-order chi connectivity index (χ1) is 24.6. The van der Waals surface area contributed by atoms with Crippen molar-refractivity contribution >= 4 is 16.4 Å². The van der Waals surface area contributed by atoms with Gasteiger partial charge in [-0.3, -0.25) is 9.35 Å². The second kappa shape index (κ2) is 30.0. The Hall–Kier alpha value is -2.46. The first-order valence-corrected chi connectivity index (χ1v) is 19.6. The van der Waals surface area contributed by atoms with Gasteiger partial charge in [0.1, 0.15) is 30.5 Å². The summed E-state index contributed by atoms with van der Waals surface area (Å²) in [6.07, 6.45) is 28.1. The number of carbonyl (C=O) groups is 1. The Morgan fingerprint density at radius 3 is 1.86 bits per heavy atom. The number of unbranched alkanes of at least 4 members (excludes halogenated alkanes) is 4. The van der Waals surface area contributed by atoms with Crippen LogP contribution in [-0.4, -0.2) is 97.5 Å². The lowest BCUT2D eigenvalue weighted by Crippen LogP contribution is -2.60. The number of allylic oxidation sites excluding steroid dienone is 12. The van der Waals surface area contributed by atoms with Crippen molar-refractivity contribution in [3.05, 3.63) is 72.9 Å². The number of esters is 1. The molecule has 0 aromatic carbocycles. The van der Waals surface area contributed by atoms with Crippen molar-refractivity contribution in [3.63, 3.8) is 0 Å². The second-order valence-corrected chi connectivity index (χ2v) is 13.1. The number of aliphatic hydroxyl groups excluding tert-OH is 3. The highest BCUT2D eigenvalue weighted by molar-refractivity contribution is 7.80. The van der Waals surface area contributed by atoms with Gasteiger partial charge in [0.25, 0.3) is 0 Å². The maximum absolute atomic E-state index is 12.3. The van der Waals surface area contributed by atoms with Gasteiger partial charge < -0.3 is 34.3 Å². The molecule has 6 unspecified atom stereocenters. The number of hydrogen-bond donors (Lipinski definition) is 4. The third-order valence-corrected chi connectivity index (χ3v) is 8.06.